The van der Waals surface area contributed by atoms with Crippen LogP contribution in [0.3, 0.4) is 0 Å². The van der Waals surface area contributed by atoms with Crippen LogP contribution in [0.2, 0.25) is 0 Å². The molecular weight excluding hydrogens is 242 g/mol. The Morgan fingerprint density at radius 2 is 1.94 bits per heavy atom. The van der Waals surface area contributed by atoms with Gasteiger partial charge in [-0.1, -0.05) is 13.3 Å². The average molecular weight is 263 g/mol. The molecule has 1 aliphatic rings. The predicted octanol–water partition coefficient (Wildman–Crippen LogP) is -1.91. The lowest BCUT2D eigenvalue weighted by molar-refractivity contribution is -0.253. The lowest BCUT2D eigenvalue weighted by Crippen LogP contribution is -2.64. The van der Waals surface area contributed by atoms with E-state index in [0.717, 1.165) is 6.42 Å². The van der Waals surface area contributed by atoms with Crippen LogP contribution >= 0.6 is 0 Å². The molecule has 0 saturated carbocycles. The molecule has 0 spiro atoms. The summed E-state index contributed by atoms with van der Waals surface area (Å²) in [5, 5.41) is 40.3. The fraction of sp³-hybridized carbons (Fsp3) is 0.909. The predicted molar refractivity (Wildman–Crippen MR) is 61.4 cm³/mol. The summed E-state index contributed by atoms with van der Waals surface area (Å²) in [4.78, 5) is 11.5. The van der Waals surface area contributed by atoms with Gasteiger partial charge < -0.3 is 30.5 Å². The van der Waals surface area contributed by atoms with Gasteiger partial charge in [0, 0.05) is 6.42 Å². The third-order valence-corrected chi connectivity index (χ3v) is 2.99. The van der Waals surface area contributed by atoms with Gasteiger partial charge in [-0.15, -0.1) is 0 Å². The topological polar surface area (TPSA) is 119 Å². The van der Waals surface area contributed by atoms with Gasteiger partial charge in [0.05, 0.1) is 6.61 Å². The summed E-state index contributed by atoms with van der Waals surface area (Å²) >= 11 is 0. The van der Waals surface area contributed by atoms with Crippen LogP contribution in [0.4, 0.5) is 0 Å². The normalized spacial score (nSPS) is 36.4. The number of nitrogens with one attached hydrogen (secondary N) is 1. The number of hydrogen-bond acceptors (Lipinski definition) is 6. The van der Waals surface area contributed by atoms with Gasteiger partial charge in [0.2, 0.25) is 5.91 Å². The molecule has 106 valence electrons. The van der Waals surface area contributed by atoms with Crippen molar-refractivity contribution in [1.82, 2.24) is 5.32 Å². The van der Waals surface area contributed by atoms with Crippen molar-refractivity contribution >= 4 is 5.91 Å². The van der Waals surface area contributed by atoms with Crippen LogP contribution < -0.4 is 5.32 Å². The molecule has 0 aromatic heterocycles. The zero-order valence-corrected chi connectivity index (χ0v) is 10.3. The summed E-state index contributed by atoms with van der Waals surface area (Å²) in [6.07, 6.45) is -3.40. The number of ether oxygens (including phenoxy) is 1. The van der Waals surface area contributed by atoms with Gasteiger partial charge in [0.1, 0.15) is 24.4 Å². The van der Waals surface area contributed by atoms with Gasteiger partial charge in [0.15, 0.2) is 6.29 Å². The van der Waals surface area contributed by atoms with Crippen molar-refractivity contribution in [2.45, 2.75) is 56.8 Å². The first kappa shape index (κ1) is 15.3. The van der Waals surface area contributed by atoms with Crippen molar-refractivity contribution in [1.29, 1.82) is 0 Å². The summed E-state index contributed by atoms with van der Waals surface area (Å²) in [6.45, 7) is 1.42. The fourth-order valence-corrected chi connectivity index (χ4v) is 1.85. The van der Waals surface area contributed by atoms with E-state index in [4.69, 9.17) is 9.84 Å². The second-order valence-corrected chi connectivity index (χ2v) is 4.43. The highest BCUT2D eigenvalue weighted by Gasteiger charge is 2.44. The van der Waals surface area contributed by atoms with E-state index in [2.05, 4.69) is 5.32 Å². The molecule has 0 aromatic carbocycles. The Hall–Kier alpha value is -0.730. The minimum absolute atomic E-state index is 0.284. The molecule has 18 heavy (non-hydrogen) atoms. The lowest BCUT2D eigenvalue weighted by atomic mass is 9.97. The Morgan fingerprint density at radius 3 is 2.50 bits per heavy atom. The van der Waals surface area contributed by atoms with Crippen molar-refractivity contribution in [2.24, 2.45) is 0 Å². The number of unbranched alkanes of at least 4 members (excludes halogenated alkanes) is 1. The summed E-state index contributed by atoms with van der Waals surface area (Å²) in [5.74, 6) is -0.321. The Morgan fingerprint density at radius 1 is 1.28 bits per heavy atom. The molecular formula is C11H21NO6. The fourth-order valence-electron chi connectivity index (χ4n) is 1.85. The van der Waals surface area contributed by atoms with Crippen LogP contribution in [-0.2, 0) is 9.53 Å². The summed E-state index contributed by atoms with van der Waals surface area (Å²) in [5.41, 5.74) is 0. The quantitative estimate of drug-likeness (QED) is 0.395. The largest absolute Gasteiger partial charge is 0.394 e. The molecule has 1 rings (SSSR count). The molecule has 0 aromatic rings. The Labute approximate surface area is 105 Å². The average Bonchev–Trinajstić information content (AvgIpc) is 2.36. The van der Waals surface area contributed by atoms with Crippen LogP contribution in [0.1, 0.15) is 26.2 Å². The first-order valence-corrected chi connectivity index (χ1v) is 6.11. The monoisotopic (exact) mass is 263 g/mol. The number of hydrogen-bond donors (Lipinski definition) is 5. The minimum Gasteiger partial charge on any atom is -0.394 e. The van der Waals surface area contributed by atoms with Crippen LogP contribution in [0, 0.1) is 0 Å². The van der Waals surface area contributed by atoms with Gasteiger partial charge >= 0.3 is 0 Å². The van der Waals surface area contributed by atoms with Gasteiger partial charge in [0.25, 0.3) is 0 Å². The zero-order chi connectivity index (χ0) is 13.7. The van der Waals surface area contributed by atoms with E-state index in [1.165, 1.54) is 0 Å². The van der Waals surface area contributed by atoms with E-state index >= 15 is 0 Å². The van der Waals surface area contributed by atoms with E-state index in [1.54, 1.807) is 0 Å². The van der Waals surface area contributed by atoms with Gasteiger partial charge in [-0.05, 0) is 6.42 Å². The summed E-state index contributed by atoms with van der Waals surface area (Å²) in [7, 11) is 0. The van der Waals surface area contributed by atoms with E-state index in [-0.39, 0.29) is 12.3 Å². The van der Waals surface area contributed by atoms with Crippen molar-refractivity contribution in [3.05, 3.63) is 0 Å². The molecule has 1 saturated heterocycles. The maximum atomic E-state index is 11.5. The molecule has 1 aliphatic heterocycles. The first-order valence-electron chi connectivity index (χ1n) is 6.11. The van der Waals surface area contributed by atoms with Crippen LogP contribution in [0.5, 0.6) is 0 Å². The Kier molecular flexibility index (Phi) is 5.97. The number of rotatable bonds is 5. The molecule has 1 fully saturated rings. The number of amides is 1. The maximum absolute atomic E-state index is 11.5. The molecule has 0 aliphatic carbocycles. The molecule has 5 N–H and O–H groups in total. The maximum Gasteiger partial charge on any atom is 0.220 e. The highest BCUT2D eigenvalue weighted by Crippen LogP contribution is 2.19. The van der Waals surface area contributed by atoms with E-state index < -0.39 is 37.3 Å². The van der Waals surface area contributed by atoms with Crippen LogP contribution in [0.15, 0.2) is 0 Å². The standard InChI is InChI=1S/C11H21NO6/c1-2-3-4-7(14)12-8-10(16)9(15)6(5-13)18-11(8)17/h6,8-11,13,15-17H,2-5H2,1H3,(H,12,14)/t6?,8-,9+,10-,11+/m1/s1. The summed E-state index contributed by atoms with van der Waals surface area (Å²) < 4.78 is 4.92. The highest BCUT2D eigenvalue weighted by atomic mass is 16.6. The molecule has 0 radical (unpaired) electrons. The van der Waals surface area contributed by atoms with Crippen molar-refractivity contribution < 1.29 is 30.0 Å². The van der Waals surface area contributed by atoms with Gasteiger partial charge in [-0.25, -0.2) is 0 Å². The molecule has 0 bridgehead atoms. The number of carbonyl (C=O) groups is 1. The van der Waals surface area contributed by atoms with E-state index in [1.807, 2.05) is 6.92 Å². The number of carbonyl (C=O) groups excluding carboxylic acids is 1. The van der Waals surface area contributed by atoms with Gasteiger partial charge in [-0.3, -0.25) is 4.79 Å². The second-order valence-electron chi connectivity index (χ2n) is 4.43. The molecule has 1 amide bonds. The molecule has 1 heterocycles. The molecule has 1 unspecified atom stereocenters. The van der Waals surface area contributed by atoms with Crippen molar-refractivity contribution in [2.75, 3.05) is 6.61 Å². The van der Waals surface area contributed by atoms with Crippen molar-refractivity contribution in [3.8, 4) is 0 Å². The first-order chi connectivity index (χ1) is 8.51. The molecule has 5 atom stereocenters. The van der Waals surface area contributed by atoms with E-state index in [9.17, 15) is 20.1 Å². The number of aliphatic hydroxyl groups excluding tert-OH is 4. The van der Waals surface area contributed by atoms with Gasteiger partial charge in [-0.2, -0.15) is 0 Å². The zero-order valence-electron chi connectivity index (χ0n) is 10.3. The van der Waals surface area contributed by atoms with Crippen LogP contribution in [-0.4, -0.2) is 63.6 Å². The third kappa shape index (κ3) is 3.63. The smallest absolute Gasteiger partial charge is 0.220 e. The van der Waals surface area contributed by atoms with Crippen molar-refractivity contribution in [3.63, 3.8) is 0 Å². The SMILES string of the molecule is CCCCC(=O)N[C@@H]1[C@@H](O)[C@@H](O)C(CO)O[C@@H]1O. The Balaban J connectivity index is 2.57. The molecule has 7 heteroatoms. The number of aliphatic hydroxyl groups is 4. The highest BCUT2D eigenvalue weighted by molar-refractivity contribution is 5.76. The second kappa shape index (κ2) is 7.01. The van der Waals surface area contributed by atoms with E-state index in [0.29, 0.717) is 6.42 Å². The Bertz CT molecular complexity index is 274. The summed E-state index contributed by atoms with van der Waals surface area (Å²) in [6, 6.07) is -1.09. The lowest BCUT2D eigenvalue weighted by Gasteiger charge is -2.40. The third-order valence-electron chi connectivity index (χ3n) is 2.99. The van der Waals surface area contributed by atoms with Crippen LogP contribution in [0.25, 0.3) is 0 Å². The minimum atomic E-state index is -1.45. The molecule has 7 nitrogen and oxygen atoms in total.